The maximum Gasteiger partial charge on any atom is 0.198 e. The molecule has 0 saturated carbocycles. The lowest BCUT2D eigenvalue weighted by Gasteiger charge is -2.37. The smallest absolute Gasteiger partial charge is 0.198 e. The molecule has 0 aliphatic carbocycles. The zero-order valence-corrected chi connectivity index (χ0v) is 37.2. The normalized spacial score (nSPS) is 11.8. The number of hydrogen-bond donors (Lipinski definition) is 1. The van der Waals surface area contributed by atoms with Crippen molar-refractivity contribution in [3.63, 3.8) is 0 Å². The second-order valence-electron chi connectivity index (χ2n) is 16.9. The first-order valence-corrected chi connectivity index (χ1v) is 23.3. The summed E-state index contributed by atoms with van der Waals surface area (Å²) in [5.74, 6) is 0. The number of para-hydroxylation sites is 3. The van der Waals surface area contributed by atoms with Gasteiger partial charge >= 0.3 is 0 Å². The van der Waals surface area contributed by atoms with Gasteiger partial charge in [0.05, 0.1) is 0 Å². The molecule has 0 unspecified atom stereocenters. The Morgan fingerprint density at radius 3 is 1.77 bits per heavy atom. The van der Waals surface area contributed by atoms with Crippen molar-refractivity contribution < 1.29 is 0 Å². The molecule has 66 heavy (non-hydrogen) atoms. The quantitative estimate of drug-likeness (QED) is 0.146. The van der Waals surface area contributed by atoms with E-state index in [2.05, 4.69) is 266 Å². The van der Waals surface area contributed by atoms with E-state index in [9.17, 15) is 0 Å². The summed E-state index contributed by atoms with van der Waals surface area (Å²) in [6, 6.07) is 85.4. The largest absolute Gasteiger partial charge is 0.355 e. The highest BCUT2D eigenvalue weighted by Gasteiger charge is 2.32. The number of hydrogen-bond acceptors (Lipinski definition) is 4. The van der Waals surface area contributed by atoms with E-state index in [4.69, 9.17) is 0 Å². The summed E-state index contributed by atoms with van der Waals surface area (Å²) in [5, 5.41) is 6.45. The topological polar surface area (TPSA) is 18.5 Å². The molecule has 3 nitrogen and oxygen atoms in total. The van der Waals surface area contributed by atoms with Crippen molar-refractivity contribution in [1.29, 1.82) is 0 Å². The number of anilines is 8. The second-order valence-corrected chi connectivity index (χ2v) is 18.0. The lowest BCUT2D eigenvalue weighted by atomic mass is 9.57. The highest BCUT2D eigenvalue weighted by atomic mass is 32.1. The van der Waals surface area contributed by atoms with Gasteiger partial charge in [-0.2, -0.15) is 0 Å². The summed E-state index contributed by atoms with van der Waals surface area (Å²) < 4.78 is 2.52. The molecule has 0 fully saturated rings. The number of benzene rings is 10. The van der Waals surface area contributed by atoms with Crippen LogP contribution >= 0.6 is 11.3 Å². The van der Waals surface area contributed by atoms with Gasteiger partial charge in [0, 0.05) is 71.2 Å². The Labute approximate surface area is 390 Å². The first-order chi connectivity index (χ1) is 32.6. The van der Waals surface area contributed by atoms with E-state index in [0.29, 0.717) is 0 Å². The summed E-state index contributed by atoms with van der Waals surface area (Å²) in [6.07, 6.45) is 0. The van der Waals surface area contributed by atoms with Crippen LogP contribution in [0.4, 0.5) is 45.5 Å². The van der Waals surface area contributed by atoms with Crippen LogP contribution in [0.3, 0.4) is 0 Å². The third-order valence-electron chi connectivity index (χ3n) is 12.8. The molecular formula is C61H43BN3S. The van der Waals surface area contributed by atoms with E-state index in [1.807, 2.05) is 11.3 Å². The highest BCUT2D eigenvalue weighted by molar-refractivity contribution is 7.26. The fourth-order valence-electron chi connectivity index (χ4n) is 9.74. The van der Waals surface area contributed by atoms with Gasteiger partial charge in [-0.05, 0) is 131 Å². The maximum atomic E-state index is 3.92. The first-order valence-electron chi connectivity index (χ1n) is 22.5. The van der Waals surface area contributed by atoms with E-state index in [1.54, 1.807) is 0 Å². The Morgan fingerprint density at radius 2 is 1.06 bits per heavy atom. The van der Waals surface area contributed by atoms with Crippen LogP contribution in [-0.4, -0.2) is 7.28 Å². The van der Waals surface area contributed by atoms with Gasteiger partial charge in [0.15, 0.2) is 7.28 Å². The Hall–Kier alpha value is -8.12. The van der Waals surface area contributed by atoms with Crippen molar-refractivity contribution in [2.75, 3.05) is 15.1 Å². The number of aryl methyl sites for hydroxylation is 1. The number of thiophene rings is 1. The van der Waals surface area contributed by atoms with Crippen molar-refractivity contribution >= 4 is 95.2 Å². The lowest BCUT2D eigenvalue weighted by molar-refractivity contribution is 1.25. The van der Waals surface area contributed by atoms with Crippen LogP contribution in [0.15, 0.2) is 237 Å². The Morgan fingerprint density at radius 1 is 0.455 bits per heavy atom. The third kappa shape index (κ3) is 7.11. The molecule has 10 aromatic carbocycles. The number of rotatable bonds is 9. The van der Waals surface area contributed by atoms with Gasteiger partial charge in [-0.3, -0.25) is 0 Å². The van der Waals surface area contributed by atoms with Crippen LogP contribution < -0.4 is 26.0 Å². The Bertz CT molecular complexity index is 3510. The molecule has 0 spiro atoms. The number of nitrogens with one attached hydrogen (secondary N) is 1. The minimum atomic E-state index is 1.04. The van der Waals surface area contributed by atoms with E-state index >= 15 is 0 Å². The molecule has 0 amide bonds. The molecule has 0 saturated heterocycles. The predicted molar refractivity (Wildman–Crippen MR) is 284 cm³/mol. The Kier molecular flexibility index (Phi) is 10.0. The standard InChI is InChI=1S/C61H43BN3S/c1-41-37-45(43-21-8-3-9-22-43)33-35-54(41)65-55-36-34-49(64(47-25-10-4-11-26-47)48-27-12-5-13-28-48)39-52(55)62-61-56(65)40-58-59(51-30-15-17-32-57(51)66-58)60(61)50-29-14-16-31-53(50)63-46-24-18-23-44(38-46)42-19-6-2-7-20-42/h2-40,63H,1H3. The van der Waals surface area contributed by atoms with Gasteiger partial charge in [0.2, 0.25) is 0 Å². The molecule has 1 aliphatic heterocycles. The van der Waals surface area contributed by atoms with Crippen LogP contribution in [0.25, 0.3) is 53.6 Å². The molecule has 0 atom stereocenters. The zero-order chi connectivity index (χ0) is 44.0. The van der Waals surface area contributed by atoms with Crippen molar-refractivity contribution in [3.05, 3.63) is 242 Å². The Balaban J connectivity index is 1.10. The van der Waals surface area contributed by atoms with Crippen molar-refractivity contribution in [2.24, 2.45) is 0 Å². The first kappa shape index (κ1) is 39.5. The summed E-state index contributed by atoms with van der Waals surface area (Å²) in [7, 11) is 2.44. The third-order valence-corrected chi connectivity index (χ3v) is 13.9. The van der Waals surface area contributed by atoms with E-state index in [-0.39, 0.29) is 0 Å². The molecule has 12 rings (SSSR count). The predicted octanol–water partition coefficient (Wildman–Crippen LogP) is 16.0. The molecule has 1 radical (unpaired) electrons. The number of nitrogens with zero attached hydrogens (tertiary/aromatic N) is 2. The molecule has 1 N–H and O–H groups in total. The molecule has 2 heterocycles. The van der Waals surface area contributed by atoms with E-state index in [1.165, 1.54) is 59.0 Å². The van der Waals surface area contributed by atoms with Gasteiger partial charge in [-0.15, -0.1) is 11.3 Å². The SMILES string of the molecule is Cc1cc(-c2ccccc2)ccc1N1c2ccc(N(c3ccccc3)c3ccccc3)cc2[B]c2c1cc1sc3ccccc3c1c2-c1ccccc1Nc1cccc(-c2ccccc2)c1. The van der Waals surface area contributed by atoms with Crippen LogP contribution in [0.1, 0.15) is 5.56 Å². The second kappa shape index (κ2) is 16.8. The fourth-order valence-corrected chi connectivity index (χ4v) is 10.9. The van der Waals surface area contributed by atoms with E-state index < -0.39 is 0 Å². The van der Waals surface area contributed by atoms with Crippen LogP contribution in [0.2, 0.25) is 0 Å². The van der Waals surface area contributed by atoms with Crippen LogP contribution in [0.5, 0.6) is 0 Å². The van der Waals surface area contributed by atoms with Crippen molar-refractivity contribution in [3.8, 4) is 33.4 Å². The fraction of sp³-hybridized carbons (Fsp3) is 0.0164. The molecule has 5 heteroatoms. The minimum Gasteiger partial charge on any atom is -0.355 e. The summed E-state index contributed by atoms with van der Waals surface area (Å²) in [4.78, 5) is 4.87. The average molecular weight is 861 g/mol. The molecule has 1 aromatic heterocycles. The highest BCUT2D eigenvalue weighted by Crippen LogP contribution is 2.48. The summed E-state index contributed by atoms with van der Waals surface area (Å²) in [5.41, 5.74) is 19.5. The monoisotopic (exact) mass is 860 g/mol. The summed E-state index contributed by atoms with van der Waals surface area (Å²) in [6.45, 7) is 2.25. The van der Waals surface area contributed by atoms with E-state index in [0.717, 1.165) is 56.5 Å². The van der Waals surface area contributed by atoms with Crippen molar-refractivity contribution in [1.82, 2.24) is 0 Å². The van der Waals surface area contributed by atoms with Gasteiger partial charge in [0.25, 0.3) is 0 Å². The molecule has 0 bridgehead atoms. The minimum absolute atomic E-state index is 1.04. The molecule has 311 valence electrons. The zero-order valence-electron chi connectivity index (χ0n) is 36.4. The van der Waals surface area contributed by atoms with Gasteiger partial charge in [-0.1, -0.05) is 157 Å². The molecular weight excluding hydrogens is 818 g/mol. The summed E-state index contributed by atoms with van der Waals surface area (Å²) >= 11 is 1.87. The van der Waals surface area contributed by atoms with Gasteiger partial charge in [0.1, 0.15) is 0 Å². The molecule has 1 aliphatic rings. The van der Waals surface area contributed by atoms with Gasteiger partial charge in [-0.25, -0.2) is 0 Å². The van der Waals surface area contributed by atoms with Gasteiger partial charge < -0.3 is 15.1 Å². The van der Waals surface area contributed by atoms with Crippen LogP contribution in [0, 0.1) is 6.92 Å². The lowest BCUT2D eigenvalue weighted by Crippen LogP contribution is -2.41. The average Bonchev–Trinajstić information content (AvgIpc) is 3.75. The number of fused-ring (bicyclic) bond motifs is 5. The van der Waals surface area contributed by atoms with Crippen molar-refractivity contribution in [2.45, 2.75) is 6.92 Å². The molecule has 11 aromatic rings. The maximum absolute atomic E-state index is 3.92. The van der Waals surface area contributed by atoms with Crippen LogP contribution in [-0.2, 0) is 0 Å².